The first kappa shape index (κ1) is 19.4. The molecule has 2 aromatic carbocycles. The molecule has 0 bridgehead atoms. The Balaban J connectivity index is 1.34. The molecule has 0 saturated carbocycles. The predicted molar refractivity (Wildman–Crippen MR) is 111 cm³/mol. The van der Waals surface area contributed by atoms with Gasteiger partial charge in [0.1, 0.15) is 5.75 Å². The topological polar surface area (TPSA) is 81.9 Å². The Morgan fingerprint density at radius 3 is 2.90 bits per heavy atom. The Bertz CT molecular complexity index is 973. The van der Waals surface area contributed by atoms with Crippen molar-refractivity contribution >= 4 is 17.7 Å². The zero-order valence-electron chi connectivity index (χ0n) is 16.2. The Morgan fingerprint density at radius 1 is 1.24 bits per heavy atom. The molecule has 1 aromatic heterocycles. The lowest BCUT2D eigenvalue weighted by Crippen LogP contribution is -2.32. The number of ether oxygens (including phenoxy) is 1. The summed E-state index contributed by atoms with van der Waals surface area (Å²) in [6.45, 7) is 0.539. The largest absolute Gasteiger partial charge is 0.497 e. The van der Waals surface area contributed by atoms with E-state index in [-0.39, 0.29) is 17.7 Å². The number of hydrogen-bond acceptors (Lipinski definition) is 6. The number of nitrogens with zero attached hydrogens (tertiary/aromatic N) is 4. The fourth-order valence-corrected chi connectivity index (χ4v) is 4.26. The maximum atomic E-state index is 12.5. The summed E-state index contributed by atoms with van der Waals surface area (Å²) in [5.41, 5.74) is 3.63. The van der Waals surface area contributed by atoms with E-state index in [0.717, 1.165) is 30.6 Å². The summed E-state index contributed by atoms with van der Waals surface area (Å²) in [5.74, 6) is 1.08. The molecular weight excluding hydrogens is 386 g/mol. The quantitative estimate of drug-likeness (QED) is 0.604. The molecule has 1 heterocycles. The molecule has 8 heteroatoms. The Hall–Kier alpha value is -2.87. The number of carbonyl (C=O) groups is 1. The summed E-state index contributed by atoms with van der Waals surface area (Å²) in [4.78, 5) is 12.5. The predicted octanol–water partition coefficient (Wildman–Crippen LogP) is 3.02. The smallest absolute Gasteiger partial charge is 0.230 e. The lowest BCUT2D eigenvalue weighted by molar-refractivity contribution is -0.119. The Morgan fingerprint density at radius 2 is 2.07 bits per heavy atom. The minimum Gasteiger partial charge on any atom is -0.497 e. The molecule has 150 valence electrons. The first-order valence-corrected chi connectivity index (χ1v) is 10.6. The molecule has 0 spiro atoms. The number of rotatable bonds is 7. The van der Waals surface area contributed by atoms with E-state index in [1.165, 1.54) is 22.9 Å². The van der Waals surface area contributed by atoms with E-state index >= 15 is 0 Å². The van der Waals surface area contributed by atoms with Gasteiger partial charge in [-0.15, -0.1) is 5.10 Å². The summed E-state index contributed by atoms with van der Waals surface area (Å²) in [5, 5.41) is 15.7. The average Bonchev–Trinajstić information content (AvgIpc) is 3.20. The van der Waals surface area contributed by atoms with Crippen LogP contribution in [0.4, 0.5) is 0 Å². The fourth-order valence-electron chi connectivity index (χ4n) is 3.57. The number of aryl methyl sites for hydroxylation is 1. The van der Waals surface area contributed by atoms with Gasteiger partial charge in [0, 0.05) is 0 Å². The fraction of sp³-hybridized carbons (Fsp3) is 0.333. The molecule has 1 aliphatic rings. The van der Waals surface area contributed by atoms with E-state index in [4.69, 9.17) is 4.74 Å². The first-order valence-electron chi connectivity index (χ1n) is 9.62. The number of tetrazole rings is 1. The van der Waals surface area contributed by atoms with E-state index in [1.54, 1.807) is 11.8 Å². The molecule has 4 rings (SSSR count). The van der Waals surface area contributed by atoms with Crippen molar-refractivity contribution in [3.63, 3.8) is 0 Å². The average molecular weight is 410 g/mol. The summed E-state index contributed by atoms with van der Waals surface area (Å²) in [6.07, 6.45) is 3.15. The third-order valence-electron chi connectivity index (χ3n) is 5.03. The van der Waals surface area contributed by atoms with Crippen LogP contribution in [0, 0.1) is 0 Å². The van der Waals surface area contributed by atoms with Crippen LogP contribution in [0.5, 0.6) is 5.75 Å². The number of hydrogen-bond donors (Lipinski definition) is 1. The number of fused-ring (bicyclic) bond motifs is 1. The molecule has 7 nitrogen and oxygen atoms in total. The van der Waals surface area contributed by atoms with Crippen molar-refractivity contribution in [1.29, 1.82) is 0 Å². The van der Waals surface area contributed by atoms with Crippen LogP contribution in [0.1, 0.15) is 35.6 Å². The van der Waals surface area contributed by atoms with Gasteiger partial charge in [-0.05, 0) is 58.5 Å². The zero-order valence-corrected chi connectivity index (χ0v) is 17.1. The molecule has 0 unspecified atom stereocenters. The van der Waals surface area contributed by atoms with E-state index in [1.807, 2.05) is 30.3 Å². The van der Waals surface area contributed by atoms with Crippen LogP contribution < -0.4 is 10.1 Å². The number of thioether (sulfide) groups is 1. The molecule has 0 aliphatic heterocycles. The van der Waals surface area contributed by atoms with Crippen molar-refractivity contribution in [3.05, 3.63) is 65.2 Å². The van der Waals surface area contributed by atoms with Crippen molar-refractivity contribution < 1.29 is 9.53 Å². The lowest BCUT2D eigenvalue weighted by atomic mass is 9.88. The van der Waals surface area contributed by atoms with Gasteiger partial charge in [0.05, 0.1) is 25.4 Å². The highest BCUT2D eigenvalue weighted by Crippen LogP contribution is 2.29. The van der Waals surface area contributed by atoms with Crippen LogP contribution >= 0.6 is 11.8 Å². The van der Waals surface area contributed by atoms with Crippen molar-refractivity contribution in [2.24, 2.45) is 0 Å². The minimum atomic E-state index is -0.00398. The number of aromatic nitrogens is 4. The van der Waals surface area contributed by atoms with Gasteiger partial charge in [-0.1, -0.05) is 48.2 Å². The van der Waals surface area contributed by atoms with Crippen molar-refractivity contribution in [2.45, 2.75) is 37.0 Å². The van der Waals surface area contributed by atoms with Crippen LogP contribution in [-0.2, 0) is 17.8 Å². The van der Waals surface area contributed by atoms with Crippen LogP contribution in [0.25, 0.3) is 0 Å². The number of carbonyl (C=O) groups excluding carboxylic acids is 1. The van der Waals surface area contributed by atoms with Crippen LogP contribution in [0.3, 0.4) is 0 Å². The second-order valence-electron chi connectivity index (χ2n) is 6.97. The van der Waals surface area contributed by atoms with Crippen LogP contribution in [0.2, 0.25) is 0 Å². The standard InChI is InChI=1S/C21H23N5O2S/c1-28-17-11-9-15(10-12-17)13-26-21(23-24-25-26)29-14-20(27)22-19-8-4-6-16-5-2-3-7-18(16)19/h2-3,5,7,9-12,19H,4,6,8,13-14H2,1H3,(H,22,27)/t19-/m1/s1. The molecule has 1 amide bonds. The van der Waals surface area contributed by atoms with Gasteiger partial charge in [-0.3, -0.25) is 4.79 Å². The summed E-state index contributed by atoms with van der Waals surface area (Å²) in [7, 11) is 1.64. The van der Waals surface area contributed by atoms with E-state index in [0.29, 0.717) is 11.7 Å². The van der Waals surface area contributed by atoms with Crippen LogP contribution in [-0.4, -0.2) is 39.0 Å². The molecule has 0 fully saturated rings. The highest BCUT2D eigenvalue weighted by Gasteiger charge is 2.21. The van der Waals surface area contributed by atoms with Gasteiger partial charge in [0.15, 0.2) is 0 Å². The van der Waals surface area contributed by atoms with Crippen LogP contribution in [0.15, 0.2) is 53.7 Å². The number of methoxy groups -OCH3 is 1. The summed E-state index contributed by atoms with van der Waals surface area (Å²) < 4.78 is 6.89. The SMILES string of the molecule is COc1ccc(Cn2nnnc2SCC(=O)N[C@@H]2CCCc3ccccc32)cc1. The zero-order chi connectivity index (χ0) is 20.1. The van der Waals surface area contributed by atoms with Gasteiger partial charge < -0.3 is 10.1 Å². The molecular formula is C21H23N5O2S. The molecule has 1 N–H and O–H groups in total. The molecule has 1 aliphatic carbocycles. The van der Waals surface area contributed by atoms with E-state index in [9.17, 15) is 4.79 Å². The molecule has 0 radical (unpaired) electrons. The van der Waals surface area contributed by atoms with Gasteiger partial charge in [-0.25, -0.2) is 4.68 Å². The monoisotopic (exact) mass is 409 g/mol. The third-order valence-corrected chi connectivity index (χ3v) is 5.98. The number of benzene rings is 2. The first-order chi connectivity index (χ1) is 14.2. The Labute approximate surface area is 173 Å². The third kappa shape index (κ3) is 4.76. The van der Waals surface area contributed by atoms with Crippen molar-refractivity contribution in [3.8, 4) is 5.75 Å². The second-order valence-corrected chi connectivity index (χ2v) is 7.91. The molecule has 1 atom stereocenters. The minimum absolute atomic E-state index is 0.00398. The Kier molecular flexibility index (Phi) is 6.09. The van der Waals surface area contributed by atoms with Gasteiger partial charge in [0.25, 0.3) is 0 Å². The number of amides is 1. The van der Waals surface area contributed by atoms with Gasteiger partial charge >= 0.3 is 0 Å². The van der Waals surface area contributed by atoms with Crippen molar-refractivity contribution in [1.82, 2.24) is 25.5 Å². The maximum Gasteiger partial charge on any atom is 0.230 e. The summed E-state index contributed by atoms with van der Waals surface area (Å²) in [6, 6.07) is 16.2. The van der Waals surface area contributed by atoms with E-state index in [2.05, 4.69) is 39.0 Å². The van der Waals surface area contributed by atoms with Crippen molar-refractivity contribution in [2.75, 3.05) is 12.9 Å². The second kappa shape index (κ2) is 9.09. The molecule has 3 aromatic rings. The highest BCUT2D eigenvalue weighted by atomic mass is 32.2. The highest BCUT2D eigenvalue weighted by molar-refractivity contribution is 7.99. The molecule has 29 heavy (non-hydrogen) atoms. The normalized spacial score (nSPS) is 15.6. The molecule has 0 saturated heterocycles. The number of nitrogens with one attached hydrogen (secondary N) is 1. The van der Waals surface area contributed by atoms with E-state index < -0.39 is 0 Å². The maximum absolute atomic E-state index is 12.5. The van der Waals surface area contributed by atoms with Gasteiger partial charge in [0.2, 0.25) is 11.1 Å². The lowest BCUT2D eigenvalue weighted by Gasteiger charge is -2.26. The summed E-state index contributed by atoms with van der Waals surface area (Å²) >= 11 is 1.35. The van der Waals surface area contributed by atoms with Gasteiger partial charge in [-0.2, -0.15) is 0 Å².